The van der Waals surface area contributed by atoms with Gasteiger partial charge in [-0.3, -0.25) is 14.5 Å². The number of anilines is 1. The van der Waals surface area contributed by atoms with Crippen LogP contribution in [0.1, 0.15) is 31.2 Å². The van der Waals surface area contributed by atoms with E-state index in [1.807, 2.05) is 0 Å². The van der Waals surface area contributed by atoms with Gasteiger partial charge >= 0.3 is 0 Å². The van der Waals surface area contributed by atoms with Crippen molar-refractivity contribution in [3.05, 3.63) is 59.9 Å². The standard InChI is InChI=1S/C20H22FN3O3S/c21-18-7-4-3-6-15(18)14-20(25)23-16-9-11-17(12-10-16)28(26,27)24-19-8-2-1-5-13-22-19/h3-4,6-7,9-12H,1-2,5,8,13-14H2,(H,22,24)(H,23,25). The van der Waals surface area contributed by atoms with Crippen LogP contribution in [-0.4, -0.2) is 26.7 Å². The molecule has 2 aromatic rings. The van der Waals surface area contributed by atoms with Gasteiger partial charge in [0.05, 0.1) is 11.3 Å². The van der Waals surface area contributed by atoms with Gasteiger partial charge in [-0.05, 0) is 48.7 Å². The summed E-state index contributed by atoms with van der Waals surface area (Å²) in [4.78, 5) is 16.5. The van der Waals surface area contributed by atoms with Gasteiger partial charge in [-0.1, -0.05) is 24.6 Å². The zero-order valence-corrected chi connectivity index (χ0v) is 16.1. The Morgan fingerprint density at radius 1 is 1.04 bits per heavy atom. The minimum atomic E-state index is -3.72. The maximum absolute atomic E-state index is 13.6. The second-order valence-corrected chi connectivity index (χ2v) is 8.27. The summed E-state index contributed by atoms with van der Waals surface area (Å²) in [5.41, 5.74) is 0.736. The topological polar surface area (TPSA) is 87.6 Å². The Morgan fingerprint density at radius 3 is 2.54 bits per heavy atom. The highest BCUT2D eigenvalue weighted by atomic mass is 32.2. The maximum Gasteiger partial charge on any atom is 0.262 e. The van der Waals surface area contributed by atoms with Gasteiger partial charge in [0.25, 0.3) is 10.0 Å². The van der Waals surface area contributed by atoms with Gasteiger partial charge < -0.3 is 5.32 Å². The summed E-state index contributed by atoms with van der Waals surface area (Å²) >= 11 is 0. The van der Waals surface area contributed by atoms with E-state index in [4.69, 9.17) is 0 Å². The Labute approximate surface area is 163 Å². The normalized spacial score (nSPS) is 14.7. The van der Waals surface area contributed by atoms with Gasteiger partial charge in [0.15, 0.2) is 0 Å². The number of rotatable bonds is 5. The molecular weight excluding hydrogens is 381 g/mol. The first-order valence-electron chi connectivity index (χ1n) is 9.13. The average molecular weight is 403 g/mol. The highest BCUT2D eigenvalue weighted by Gasteiger charge is 2.17. The molecular formula is C20H22FN3O3S. The molecule has 0 saturated carbocycles. The van der Waals surface area contributed by atoms with Gasteiger partial charge in [-0.25, -0.2) is 12.8 Å². The SMILES string of the molecule is O=C(Cc1ccccc1F)Nc1ccc(S(=O)(=O)NC2=NCCCCC2)cc1. The van der Waals surface area contributed by atoms with Crippen LogP contribution in [0.4, 0.5) is 10.1 Å². The van der Waals surface area contributed by atoms with Crippen molar-refractivity contribution in [2.75, 3.05) is 11.9 Å². The number of benzene rings is 2. The fourth-order valence-corrected chi connectivity index (χ4v) is 4.00. The van der Waals surface area contributed by atoms with Crippen LogP contribution >= 0.6 is 0 Å². The molecule has 8 heteroatoms. The zero-order valence-electron chi connectivity index (χ0n) is 15.3. The van der Waals surface area contributed by atoms with E-state index in [-0.39, 0.29) is 17.2 Å². The molecule has 28 heavy (non-hydrogen) atoms. The van der Waals surface area contributed by atoms with Crippen LogP contribution in [0.5, 0.6) is 0 Å². The van der Waals surface area contributed by atoms with Crippen molar-refractivity contribution >= 4 is 27.5 Å². The Bertz CT molecular complexity index is 972. The number of aliphatic imine (C=N–C) groups is 1. The molecule has 2 aromatic carbocycles. The molecule has 2 N–H and O–H groups in total. The highest BCUT2D eigenvalue weighted by molar-refractivity contribution is 7.90. The van der Waals surface area contributed by atoms with Gasteiger partial charge in [-0.2, -0.15) is 0 Å². The molecule has 0 atom stereocenters. The summed E-state index contributed by atoms with van der Waals surface area (Å²) in [7, 11) is -3.72. The lowest BCUT2D eigenvalue weighted by molar-refractivity contribution is -0.115. The molecule has 0 spiro atoms. The van der Waals surface area contributed by atoms with Gasteiger partial charge in [0.1, 0.15) is 11.7 Å². The fraction of sp³-hybridized carbons (Fsp3) is 0.300. The van der Waals surface area contributed by atoms with Crippen LogP contribution in [0, 0.1) is 5.82 Å². The Balaban J connectivity index is 1.63. The first-order chi connectivity index (χ1) is 13.4. The number of carbonyl (C=O) groups excluding carboxylic acids is 1. The summed E-state index contributed by atoms with van der Waals surface area (Å²) < 4.78 is 41.2. The molecule has 0 unspecified atom stereocenters. The van der Waals surface area contributed by atoms with E-state index >= 15 is 0 Å². The van der Waals surface area contributed by atoms with Crippen molar-refractivity contribution < 1.29 is 17.6 Å². The first-order valence-corrected chi connectivity index (χ1v) is 10.6. The van der Waals surface area contributed by atoms with E-state index in [1.54, 1.807) is 18.2 Å². The van der Waals surface area contributed by atoms with E-state index in [2.05, 4.69) is 15.0 Å². The smallest absolute Gasteiger partial charge is 0.262 e. The lowest BCUT2D eigenvalue weighted by Gasteiger charge is -2.11. The van der Waals surface area contributed by atoms with Crippen LogP contribution in [0.2, 0.25) is 0 Å². The van der Waals surface area contributed by atoms with E-state index in [9.17, 15) is 17.6 Å². The van der Waals surface area contributed by atoms with Gasteiger partial charge in [-0.15, -0.1) is 0 Å². The van der Waals surface area contributed by atoms with E-state index < -0.39 is 15.8 Å². The fourth-order valence-electron chi connectivity index (χ4n) is 2.91. The second-order valence-electron chi connectivity index (χ2n) is 6.59. The van der Waals surface area contributed by atoms with Crippen molar-refractivity contribution in [3.8, 4) is 0 Å². The molecule has 0 fully saturated rings. The third-order valence-electron chi connectivity index (χ3n) is 4.38. The number of carbonyl (C=O) groups is 1. The minimum Gasteiger partial charge on any atom is -0.326 e. The van der Waals surface area contributed by atoms with Crippen LogP contribution in [0.25, 0.3) is 0 Å². The number of hydrogen-bond donors (Lipinski definition) is 2. The quantitative estimate of drug-likeness (QED) is 0.803. The molecule has 6 nitrogen and oxygen atoms in total. The third-order valence-corrected chi connectivity index (χ3v) is 5.78. The molecule has 1 amide bonds. The molecule has 148 valence electrons. The number of amides is 1. The molecule has 1 heterocycles. The lowest BCUT2D eigenvalue weighted by Crippen LogP contribution is -2.30. The predicted octanol–water partition coefficient (Wildman–Crippen LogP) is 3.26. The molecule has 1 aliphatic heterocycles. The van der Waals surface area contributed by atoms with Crippen molar-refractivity contribution in [2.24, 2.45) is 4.99 Å². The molecule has 0 aliphatic carbocycles. The largest absolute Gasteiger partial charge is 0.326 e. The molecule has 3 rings (SSSR count). The second kappa shape index (κ2) is 8.97. The minimum absolute atomic E-state index is 0.0894. The van der Waals surface area contributed by atoms with E-state index in [0.717, 1.165) is 19.3 Å². The average Bonchev–Trinajstić information content (AvgIpc) is 2.92. The van der Waals surface area contributed by atoms with Crippen molar-refractivity contribution in [2.45, 2.75) is 37.0 Å². The molecule has 1 aliphatic rings. The zero-order chi connectivity index (χ0) is 20.0. The van der Waals surface area contributed by atoms with Crippen LogP contribution in [0.15, 0.2) is 58.4 Å². The Morgan fingerprint density at radius 2 is 1.79 bits per heavy atom. The van der Waals surface area contributed by atoms with Gasteiger partial charge in [0.2, 0.25) is 5.91 Å². The number of amidine groups is 1. The summed E-state index contributed by atoms with van der Waals surface area (Å²) in [6, 6.07) is 11.9. The number of halogens is 1. The molecule has 0 aromatic heterocycles. The summed E-state index contributed by atoms with van der Waals surface area (Å²) in [5, 5.41) is 2.64. The first kappa shape index (κ1) is 20.0. The monoisotopic (exact) mass is 403 g/mol. The number of nitrogens with one attached hydrogen (secondary N) is 2. The summed E-state index contributed by atoms with van der Waals surface area (Å²) in [5.74, 6) is -0.335. The third kappa shape index (κ3) is 5.39. The molecule has 0 saturated heterocycles. The van der Waals surface area contributed by atoms with Gasteiger partial charge in [0, 0.05) is 18.7 Å². The van der Waals surface area contributed by atoms with Crippen molar-refractivity contribution in [1.82, 2.24) is 4.72 Å². The van der Waals surface area contributed by atoms with E-state index in [1.165, 1.54) is 30.3 Å². The highest BCUT2D eigenvalue weighted by Crippen LogP contribution is 2.16. The number of hydrogen-bond acceptors (Lipinski definition) is 4. The molecule has 0 bridgehead atoms. The van der Waals surface area contributed by atoms with Crippen LogP contribution in [0.3, 0.4) is 0 Å². The van der Waals surface area contributed by atoms with Crippen molar-refractivity contribution in [3.63, 3.8) is 0 Å². The lowest BCUT2D eigenvalue weighted by atomic mass is 10.1. The summed E-state index contributed by atoms with van der Waals surface area (Å²) in [6.07, 6.45) is 3.42. The molecule has 0 radical (unpaired) electrons. The predicted molar refractivity (Wildman–Crippen MR) is 106 cm³/mol. The van der Waals surface area contributed by atoms with Crippen molar-refractivity contribution in [1.29, 1.82) is 0 Å². The number of nitrogens with zero attached hydrogens (tertiary/aromatic N) is 1. The van der Waals surface area contributed by atoms with E-state index in [0.29, 0.717) is 30.1 Å². The van der Waals surface area contributed by atoms with Crippen LogP contribution < -0.4 is 10.0 Å². The number of sulfonamides is 1. The maximum atomic E-state index is 13.6. The Kier molecular flexibility index (Phi) is 6.41. The Hall–Kier alpha value is -2.74. The van der Waals surface area contributed by atoms with Crippen LogP contribution in [-0.2, 0) is 21.2 Å². The summed E-state index contributed by atoms with van der Waals surface area (Å²) in [6.45, 7) is 0.630.